The fourth-order valence-corrected chi connectivity index (χ4v) is 2.72. The molecule has 0 aliphatic heterocycles. The van der Waals surface area contributed by atoms with Crippen molar-refractivity contribution in [3.8, 4) is 0 Å². The second-order valence-electron chi connectivity index (χ2n) is 4.20. The third-order valence-corrected chi connectivity index (χ3v) is 4.04. The van der Waals surface area contributed by atoms with Crippen LogP contribution in [0.3, 0.4) is 0 Å². The summed E-state index contributed by atoms with van der Waals surface area (Å²) in [6.45, 7) is 1.58. The molecule has 2 aromatic heterocycles. The van der Waals surface area contributed by atoms with E-state index in [0.717, 1.165) is 0 Å². The molecule has 0 aliphatic carbocycles. The summed E-state index contributed by atoms with van der Waals surface area (Å²) in [5.41, 5.74) is 1.22. The molecule has 0 amide bonds. The highest BCUT2D eigenvalue weighted by Gasteiger charge is 2.17. The molecule has 2 heterocycles. The lowest BCUT2D eigenvalue weighted by Gasteiger charge is -2.01. The Morgan fingerprint density at radius 1 is 1.47 bits per heavy atom. The maximum atomic E-state index is 12.0. The summed E-state index contributed by atoms with van der Waals surface area (Å²) in [5.74, 6) is 0.444. The van der Waals surface area contributed by atoms with E-state index in [1.54, 1.807) is 24.6 Å². The molecule has 0 bridgehead atoms. The standard InChI is InChI=1S/C11H15N3O4S/c1-8-3-10(18-13-8)5-12-19(16,17)11-4-9(7-15)14(2)6-11/h3-4,6,12,15H,5,7H2,1-2H3. The summed E-state index contributed by atoms with van der Waals surface area (Å²) in [6.07, 6.45) is 1.44. The van der Waals surface area contributed by atoms with Gasteiger partial charge < -0.3 is 14.2 Å². The Bertz CT molecular complexity index is 672. The van der Waals surface area contributed by atoms with Gasteiger partial charge in [-0.3, -0.25) is 0 Å². The van der Waals surface area contributed by atoms with Gasteiger partial charge in [0.05, 0.1) is 23.7 Å². The highest BCUT2D eigenvalue weighted by molar-refractivity contribution is 7.89. The zero-order valence-corrected chi connectivity index (χ0v) is 11.4. The molecule has 0 saturated heterocycles. The smallest absolute Gasteiger partial charge is 0.242 e. The van der Waals surface area contributed by atoms with Crippen molar-refractivity contribution in [3.05, 3.63) is 35.5 Å². The van der Waals surface area contributed by atoms with Crippen molar-refractivity contribution in [2.75, 3.05) is 0 Å². The molecule has 0 unspecified atom stereocenters. The number of aliphatic hydroxyl groups excluding tert-OH is 1. The summed E-state index contributed by atoms with van der Waals surface area (Å²) in [4.78, 5) is 0.107. The number of hydrogen-bond acceptors (Lipinski definition) is 5. The first kappa shape index (κ1) is 13.8. The zero-order chi connectivity index (χ0) is 14.0. The molecule has 19 heavy (non-hydrogen) atoms. The van der Waals surface area contributed by atoms with Crippen molar-refractivity contribution in [2.45, 2.75) is 25.0 Å². The number of nitrogens with one attached hydrogen (secondary N) is 1. The molecule has 7 nitrogen and oxygen atoms in total. The predicted molar refractivity (Wildman–Crippen MR) is 66.6 cm³/mol. The molecule has 0 aliphatic rings. The van der Waals surface area contributed by atoms with E-state index in [2.05, 4.69) is 9.88 Å². The van der Waals surface area contributed by atoms with Crippen molar-refractivity contribution in [1.82, 2.24) is 14.4 Å². The van der Waals surface area contributed by atoms with Gasteiger partial charge in [-0.1, -0.05) is 5.16 Å². The van der Waals surface area contributed by atoms with Crippen LogP contribution in [0.5, 0.6) is 0 Å². The van der Waals surface area contributed by atoms with E-state index in [0.29, 0.717) is 17.1 Å². The minimum atomic E-state index is -3.63. The maximum Gasteiger partial charge on any atom is 0.242 e. The van der Waals surface area contributed by atoms with Crippen LogP contribution in [0, 0.1) is 6.92 Å². The average molecular weight is 285 g/mol. The SMILES string of the molecule is Cc1cc(CNS(=O)(=O)c2cc(CO)n(C)c2)on1. The molecule has 2 N–H and O–H groups in total. The van der Waals surface area contributed by atoms with Crippen LogP contribution in [0.25, 0.3) is 0 Å². The second kappa shape index (κ2) is 5.16. The third-order valence-electron chi connectivity index (χ3n) is 2.67. The quantitative estimate of drug-likeness (QED) is 0.823. The Hall–Kier alpha value is -1.64. The minimum Gasteiger partial charge on any atom is -0.390 e. The molecule has 0 saturated carbocycles. The van der Waals surface area contributed by atoms with E-state index in [1.807, 2.05) is 0 Å². The number of hydrogen-bond donors (Lipinski definition) is 2. The average Bonchev–Trinajstić information content (AvgIpc) is 2.93. The van der Waals surface area contributed by atoms with E-state index < -0.39 is 10.0 Å². The van der Waals surface area contributed by atoms with Crippen molar-refractivity contribution >= 4 is 10.0 Å². The molecule has 0 radical (unpaired) electrons. The first-order valence-electron chi connectivity index (χ1n) is 5.60. The van der Waals surface area contributed by atoms with Crippen molar-refractivity contribution in [2.24, 2.45) is 7.05 Å². The van der Waals surface area contributed by atoms with Crippen LogP contribution in [0.1, 0.15) is 17.1 Å². The monoisotopic (exact) mass is 285 g/mol. The van der Waals surface area contributed by atoms with Crippen LogP contribution in [0.4, 0.5) is 0 Å². The van der Waals surface area contributed by atoms with Gasteiger partial charge in [-0.2, -0.15) is 0 Å². The normalized spacial score (nSPS) is 11.9. The lowest BCUT2D eigenvalue weighted by molar-refractivity contribution is 0.272. The zero-order valence-electron chi connectivity index (χ0n) is 10.6. The maximum absolute atomic E-state index is 12.0. The Labute approximate surface area is 110 Å². The van der Waals surface area contributed by atoms with Crippen LogP contribution >= 0.6 is 0 Å². The fraction of sp³-hybridized carbons (Fsp3) is 0.364. The van der Waals surface area contributed by atoms with Crippen LogP contribution in [0.15, 0.2) is 27.7 Å². The Balaban J connectivity index is 2.13. The number of nitrogens with zero attached hydrogens (tertiary/aromatic N) is 2. The topological polar surface area (TPSA) is 97.4 Å². The predicted octanol–water partition coefficient (Wildman–Crippen LogP) is 0.292. The van der Waals surface area contributed by atoms with Crippen molar-refractivity contribution < 1.29 is 18.0 Å². The molecular formula is C11H15N3O4S. The summed E-state index contributed by atoms with van der Waals surface area (Å²) in [5, 5.41) is 12.7. The molecule has 104 valence electrons. The number of aliphatic hydroxyl groups is 1. The van der Waals surface area contributed by atoms with E-state index in [-0.39, 0.29) is 18.0 Å². The molecule has 2 aromatic rings. The van der Waals surface area contributed by atoms with Crippen LogP contribution in [-0.4, -0.2) is 23.2 Å². The fourth-order valence-electron chi connectivity index (χ4n) is 1.63. The van der Waals surface area contributed by atoms with Gasteiger partial charge in [0, 0.05) is 25.0 Å². The van der Waals surface area contributed by atoms with Gasteiger partial charge in [0.2, 0.25) is 10.0 Å². The Morgan fingerprint density at radius 3 is 2.74 bits per heavy atom. The number of aromatic nitrogens is 2. The lowest BCUT2D eigenvalue weighted by atomic mass is 10.4. The molecule has 0 spiro atoms. The van der Waals surface area contributed by atoms with E-state index in [9.17, 15) is 8.42 Å². The van der Waals surface area contributed by atoms with Gasteiger partial charge in [-0.05, 0) is 13.0 Å². The first-order valence-corrected chi connectivity index (χ1v) is 7.08. The molecule has 8 heteroatoms. The summed E-state index contributed by atoms with van der Waals surface area (Å²) >= 11 is 0. The summed E-state index contributed by atoms with van der Waals surface area (Å²) < 4.78 is 33.0. The van der Waals surface area contributed by atoms with Crippen LogP contribution in [0.2, 0.25) is 0 Å². The van der Waals surface area contributed by atoms with Crippen molar-refractivity contribution in [3.63, 3.8) is 0 Å². The second-order valence-corrected chi connectivity index (χ2v) is 5.96. The molecule has 0 atom stereocenters. The van der Waals surface area contributed by atoms with Gasteiger partial charge in [-0.25, -0.2) is 13.1 Å². The van der Waals surface area contributed by atoms with Gasteiger partial charge >= 0.3 is 0 Å². The number of aryl methyl sites for hydroxylation is 2. The van der Waals surface area contributed by atoms with E-state index in [1.165, 1.54) is 12.3 Å². The first-order chi connectivity index (χ1) is 8.92. The van der Waals surface area contributed by atoms with Crippen LogP contribution in [-0.2, 0) is 30.2 Å². The third kappa shape index (κ3) is 3.03. The molecule has 0 fully saturated rings. The number of rotatable bonds is 5. The van der Waals surface area contributed by atoms with E-state index >= 15 is 0 Å². The van der Waals surface area contributed by atoms with Gasteiger partial charge in [0.25, 0.3) is 0 Å². The van der Waals surface area contributed by atoms with Gasteiger partial charge in [0.15, 0.2) is 5.76 Å². The van der Waals surface area contributed by atoms with E-state index in [4.69, 9.17) is 9.63 Å². The van der Waals surface area contributed by atoms with Gasteiger partial charge in [0.1, 0.15) is 0 Å². The summed E-state index contributed by atoms with van der Waals surface area (Å²) in [7, 11) is -1.96. The van der Waals surface area contributed by atoms with Crippen LogP contribution < -0.4 is 4.72 Å². The minimum absolute atomic E-state index is 0.0343. The van der Waals surface area contributed by atoms with Gasteiger partial charge in [-0.15, -0.1) is 0 Å². The molecule has 0 aromatic carbocycles. The molecule has 2 rings (SSSR count). The lowest BCUT2D eigenvalue weighted by Crippen LogP contribution is -2.22. The Kier molecular flexibility index (Phi) is 3.74. The highest BCUT2D eigenvalue weighted by atomic mass is 32.2. The Morgan fingerprint density at radius 2 is 2.21 bits per heavy atom. The molecular weight excluding hydrogens is 270 g/mol. The number of sulfonamides is 1. The largest absolute Gasteiger partial charge is 0.390 e. The summed E-state index contributed by atoms with van der Waals surface area (Å²) in [6, 6.07) is 3.08. The highest BCUT2D eigenvalue weighted by Crippen LogP contribution is 2.14. The van der Waals surface area contributed by atoms with Crippen molar-refractivity contribution in [1.29, 1.82) is 0 Å².